The van der Waals surface area contributed by atoms with E-state index in [4.69, 9.17) is 5.11 Å². The summed E-state index contributed by atoms with van der Waals surface area (Å²) >= 11 is 0. The minimum absolute atomic E-state index is 0.0692. The number of unbranched alkanes of at least 4 members (excludes halogenated alkanes) is 1. The topological polar surface area (TPSA) is 114 Å². The van der Waals surface area contributed by atoms with E-state index < -0.39 is 10.9 Å². The highest BCUT2D eigenvalue weighted by atomic mass is 16.6. The van der Waals surface area contributed by atoms with E-state index in [9.17, 15) is 19.7 Å². The zero-order valence-electron chi connectivity index (χ0n) is 11.4. The van der Waals surface area contributed by atoms with Crippen molar-refractivity contribution in [3.8, 4) is 0 Å². The molecule has 0 bridgehead atoms. The molecule has 0 aliphatic heterocycles. The molecule has 1 heterocycles. The molecule has 114 valence electrons. The van der Waals surface area contributed by atoms with E-state index in [-0.39, 0.29) is 24.1 Å². The van der Waals surface area contributed by atoms with Gasteiger partial charge in [-0.2, -0.15) is 0 Å². The van der Waals surface area contributed by atoms with E-state index in [1.54, 1.807) is 4.57 Å². The Hall–Kier alpha value is -2.38. The van der Waals surface area contributed by atoms with Gasteiger partial charge in [-0.15, -0.1) is 0 Å². The number of nitrogens with zero attached hydrogens (tertiary/aromatic N) is 2. The summed E-state index contributed by atoms with van der Waals surface area (Å²) in [5.74, 6) is -1.22. The second-order valence-electron chi connectivity index (χ2n) is 5.09. The van der Waals surface area contributed by atoms with Gasteiger partial charge >= 0.3 is 5.97 Å². The predicted molar refractivity (Wildman–Crippen MR) is 73.2 cm³/mol. The van der Waals surface area contributed by atoms with Crippen LogP contribution >= 0.6 is 0 Å². The van der Waals surface area contributed by atoms with Crippen molar-refractivity contribution in [2.24, 2.45) is 0 Å². The number of nitrogens with one attached hydrogen (secondary N) is 1. The van der Waals surface area contributed by atoms with Crippen molar-refractivity contribution in [2.45, 2.75) is 38.1 Å². The molecule has 0 aromatic carbocycles. The number of amides is 1. The number of aromatic nitrogens is 1. The second-order valence-corrected chi connectivity index (χ2v) is 5.09. The third-order valence-electron chi connectivity index (χ3n) is 3.32. The lowest BCUT2D eigenvalue weighted by molar-refractivity contribution is -0.384. The summed E-state index contributed by atoms with van der Waals surface area (Å²) in [6.07, 6.45) is 4.36. The smallest absolute Gasteiger partial charge is 0.303 e. The Bertz CT molecular complexity index is 562. The first-order valence-corrected chi connectivity index (χ1v) is 6.85. The highest BCUT2D eigenvalue weighted by Gasteiger charge is 2.30. The van der Waals surface area contributed by atoms with Gasteiger partial charge in [-0.1, -0.05) is 0 Å². The molecule has 0 saturated heterocycles. The van der Waals surface area contributed by atoms with Gasteiger partial charge in [0.15, 0.2) is 0 Å². The van der Waals surface area contributed by atoms with E-state index in [0.717, 1.165) is 12.8 Å². The SMILES string of the molecule is O=C(O)CCCCNC(=O)c1cc([N+](=O)[O-])cn1C1CC1. The molecule has 8 nitrogen and oxygen atoms in total. The van der Waals surface area contributed by atoms with Crippen molar-refractivity contribution in [2.75, 3.05) is 6.54 Å². The highest BCUT2D eigenvalue weighted by molar-refractivity contribution is 5.93. The maximum atomic E-state index is 12.1. The number of carboxylic acids is 1. The average molecular weight is 295 g/mol. The first kappa shape index (κ1) is 15.0. The van der Waals surface area contributed by atoms with Crippen LogP contribution in [-0.2, 0) is 4.79 Å². The number of hydrogen-bond donors (Lipinski definition) is 2. The number of carboxylic acid groups (broad SMARTS) is 1. The summed E-state index contributed by atoms with van der Waals surface area (Å²) in [4.78, 5) is 32.7. The van der Waals surface area contributed by atoms with Crippen LogP contribution in [0.1, 0.15) is 48.6 Å². The van der Waals surface area contributed by atoms with Crippen molar-refractivity contribution in [1.29, 1.82) is 0 Å². The van der Waals surface area contributed by atoms with E-state index in [2.05, 4.69) is 5.32 Å². The third-order valence-corrected chi connectivity index (χ3v) is 3.32. The number of carbonyl (C=O) groups is 2. The van der Waals surface area contributed by atoms with Crippen LogP contribution in [0.4, 0.5) is 5.69 Å². The van der Waals surface area contributed by atoms with Gasteiger partial charge in [-0.3, -0.25) is 19.7 Å². The maximum Gasteiger partial charge on any atom is 0.303 e. The molecule has 1 aliphatic carbocycles. The predicted octanol–water partition coefficient (Wildman–Crippen LogP) is 1.72. The minimum atomic E-state index is -0.862. The summed E-state index contributed by atoms with van der Waals surface area (Å²) in [7, 11) is 0. The summed E-state index contributed by atoms with van der Waals surface area (Å²) in [6.45, 7) is 0.357. The van der Waals surface area contributed by atoms with Crippen molar-refractivity contribution < 1.29 is 19.6 Å². The Morgan fingerprint density at radius 1 is 1.43 bits per heavy atom. The fourth-order valence-corrected chi connectivity index (χ4v) is 2.10. The molecule has 1 aliphatic rings. The molecule has 1 aromatic rings. The number of hydrogen-bond acceptors (Lipinski definition) is 4. The molecule has 1 fully saturated rings. The lowest BCUT2D eigenvalue weighted by atomic mass is 10.2. The standard InChI is InChI=1S/C13H17N3O5/c17-12(18)3-1-2-6-14-13(19)11-7-10(16(20)21)8-15(11)9-4-5-9/h7-9H,1-6H2,(H,14,19)(H,17,18). The van der Waals surface area contributed by atoms with E-state index in [0.29, 0.717) is 25.1 Å². The summed E-state index contributed by atoms with van der Waals surface area (Å²) in [6, 6.07) is 1.46. The second kappa shape index (κ2) is 6.38. The first-order chi connectivity index (χ1) is 9.99. The monoisotopic (exact) mass is 295 g/mol. The molecule has 1 saturated carbocycles. The van der Waals surface area contributed by atoms with Gasteiger partial charge in [0.1, 0.15) is 5.69 Å². The average Bonchev–Trinajstić information content (AvgIpc) is 3.16. The van der Waals surface area contributed by atoms with Gasteiger partial charge < -0.3 is 15.0 Å². The molecule has 0 radical (unpaired) electrons. The molecule has 0 unspecified atom stereocenters. The van der Waals surface area contributed by atoms with Crippen LogP contribution in [0.2, 0.25) is 0 Å². The molecule has 2 N–H and O–H groups in total. The van der Waals surface area contributed by atoms with Crippen LogP contribution in [0, 0.1) is 10.1 Å². The molecule has 8 heteroatoms. The zero-order chi connectivity index (χ0) is 15.4. The molecule has 0 spiro atoms. The Morgan fingerprint density at radius 3 is 2.71 bits per heavy atom. The highest BCUT2D eigenvalue weighted by Crippen LogP contribution is 2.37. The molecular weight excluding hydrogens is 278 g/mol. The summed E-state index contributed by atoms with van der Waals surface area (Å²) in [5.41, 5.74) is 0.209. The Balaban J connectivity index is 1.92. The summed E-state index contributed by atoms with van der Waals surface area (Å²) in [5, 5.41) is 22.0. The fourth-order valence-electron chi connectivity index (χ4n) is 2.10. The Kier molecular flexibility index (Phi) is 4.56. The normalized spacial score (nSPS) is 13.9. The van der Waals surface area contributed by atoms with Crippen LogP contribution in [0.15, 0.2) is 12.3 Å². The minimum Gasteiger partial charge on any atom is -0.481 e. The molecular formula is C13H17N3O5. The molecule has 0 atom stereocenters. The first-order valence-electron chi connectivity index (χ1n) is 6.85. The van der Waals surface area contributed by atoms with Gasteiger partial charge in [0, 0.05) is 25.1 Å². The van der Waals surface area contributed by atoms with Crippen molar-refractivity contribution in [1.82, 2.24) is 9.88 Å². The van der Waals surface area contributed by atoms with Gasteiger partial charge in [0.05, 0.1) is 11.1 Å². The van der Waals surface area contributed by atoms with Crippen LogP contribution in [0.25, 0.3) is 0 Å². The number of aliphatic carboxylic acids is 1. The lowest BCUT2D eigenvalue weighted by Crippen LogP contribution is -2.26. The number of rotatable bonds is 8. The Morgan fingerprint density at radius 2 is 2.14 bits per heavy atom. The lowest BCUT2D eigenvalue weighted by Gasteiger charge is -2.07. The molecule has 1 aromatic heterocycles. The van der Waals surface area contributed by atoms with Gasteiger partial charge in [-0.05, 0) is 25.7 Å². The molecule has 21 heavy (non-hydrogen) atoms. The van der Waals surface area contributed by atoms with Crippen LogP contribution in [0.5, 0.6) is 0 Å². The van der Waals surface area contributed by atoms with E-state index in [1.807, 2.05) is 0 Å². The quantitative estimate of drug-likeness (QED) is 0.430. The van der Waals surface area contributed by atoms with Gasteiger partial charge in [-0.25, -0.2) is 0 Å². The van der Waals surface area contributed by atoms with Crippen molar-refractivity contribution in [3.05, 3.63) is 28.1 Å². The van der Waals surface area contributed by atoms with Gasteiger partial charge in [0.25, 0.3) is 11.6 Å². The van der Waals surface area contributed by atoms with Crippen LogP contribution < -0.4 is 5.32 Å². The van der Waals surface area contributed by atoms with Crippen molar-refractivity contribution >= 4 is 17.6 Å². The van der Waals surface area contributed by atoms with Crippen LogP contribution in [0.3, 0.4) is 0 Å². The fraction of sp³-hybridized carbons (Fsp3) is 0.538. The number of nitro groups is 1. The largest absolute Gasteiger partial charge is 0.481 e. The van der Waals surface area contributed by atoms with Gasteiger partial charge in [0.2, 0.25) is 0 Å². The molecule has 1 amide bonds. The molecule has 2 rings (SSSR count). The van der Waals surface area contributed by atoms with E-state index >= 15 is 0 Å². The number of carbonyl (C=O) groups excluding carboxylic acids is 1. The third kappa shape index (κ3) is 4.04. The zero-order valence-corrected chi connectivity index (χ0v) is 11.4. The summed E-state index contributed by atoms with van der Waals surface area (Å²) < 4.78 is 1.66. The van der Waals surface area contributed by atoms with Crippen molar-refractivity contribution in [3.63, 3.8) is 0 Å². The maximum absolute atomic E-state index is 12.1. The van der Waals surface area contributed by atoms with E-state index in [1.165, 1.54) is 12.3 Å². The van der Waals surface area contributed by atoms with Crippen LogP contribution in [-0.4, -0.2) is 33.0 Å². The Labute approximate surface area is 120 Å².